The number of carbonyl (C=O) groups is 2. The van der Waals surface area contributed by atoms with Crippen LogP contribution in [0.4, 0.5) is 13.2 Å². The number of carbonyl (C=O) groups excluding carboxylic acids is 2. The number of primary amides is 1. The van der Waals surface area contributed by atoms with Crippen molar-refractivity contribution in [3.8, 4) is 0 Å². The third-order valence-corrected chi connectivity index (χ3v) is 2.97. The Morgan fingerprint density at radius 3 is 2.37 bits per heavy atom. The average Bonchev–Trinajstić information content (AvgIpc) is 2.26. The SMILES string of the molecule is C[C@H](NC(=O)c1ccc(C(F)(F)F)c(Br)c1)C(N)=O. The van der Waals surface area contributed by atoms with Crippen molar-refractivity contribution in [1.29, 1.82) is 0 Å². The molecule has 0 radical (unpaired) electrons. The summed E-state index contributed by atoms with van der Waals surface area (Å²) >= 11 is 2.75. The zero-order valence-electron chi connectivity index (χ0n) is 9.72. The molecule has 0 unspecified atom stereocenters. The Balaban J connectivity index is 2.96. The highest BCUT2D eigenvalue weighted by Crippen LogP contribution is 2.35. The van der Waals surface area contributed by atoms with Crippen molar-refractivity contribution < 1.29 is 22.8 Å². The molecule has 0 aliphatic rings. The summed E-state index contributed by atoms with van der Waals surface area (Å²) in [6, 6.07) is 1.93. The molecule has 3 N–H and O–H groups in total. The molecule has 0 saturated heterocycles. The van der Waals surface area contributed by atoms with Gasteiger partial charge in [-0.1, -0.05) is 15.9 Å². The second-order valence-electron chi connectivity index (χ2n) is 3.79. The lowest BCUT2D eigenvalue weighted by atomic mass is 10.1. The van der Waals surface area contributed by atoms with Gasteiger partial charge in [-0.15, -0.1) is 0 Å². The van der Waals surface area contributed by atoms with E-state index in [1.54, 1.807) is 0 Å². The summed E-state index contributed by atoms with van der Waals surface area (Å²) in [7, 11) is 0. The van der Waals surface area contributed by atoms with Gasteiger partial charge in [0.2, 0.25) is 5.91 Å². The van der Waals surface area contributed by atoms with E-state index < -0.39 is 29.6 Å². The number of rotatable bonds is 3. The number of amides is 2. The van der Waals surface area contributed by atoms with Crippen LogP contribution in [0.3, 0.4) is 0 Å². The molecule has 8 heteroatoms. The van der Waals surface area contributed by atoms with Gasteiger partial charge in [0.1, 0.15) is 6.04 Å². The summed E-state index contributed by atoms with van der Waals surface area (Å²) < 4.78 is 37.3. The van der Waals surface area contributed by atoms with Crippen LogP contribution in [0.2, 0.25) is 0 Å². The van der Waals surface area contributed by atoms with Crippen LogP contribution >= 0.6 is 15.9 Å². The van der Waals surface area contributed by atoms with Crippen molar-refractivity contribution in [1.82, 2.24) is 5.32 Å². The van der Waals surface area contributed by atoms with Crippen molar-refractivity contribution in [3.63, 3.8) is 0 Å². The van der Waals surface area contributed by atoms with Crippen molar-refractivity contribution in [2.45, 2.75) is 19.1 Å². The van der Waals surface area contributed by atoms with E-state index in [1.807, 2.05) is 0 Å². The summed E-state index contributed by atoms with van der Waals surface area (Å²) in [5.41, 5.74) is 4.07. The van der Waals surface area contributed by atoms with Gasteiger partial charge in [-0.2, -0.15) is 13.2 Å². The summed E-state index contributed by atoms with van der Waals surface area (Å²) in [5, 5.41) is 2.27. The van der Waals surface area contributed by atoms with Gasteiger partial charge in [0.05, 0.1) is 5.56 Å². The lowest BCUT2D eigenvalue weighted by Crippen LogP contribution is -2.42. The molecular formula is C11H10BrF3N2O2. The first kappa shape index (κ1) is 15.5. The Labute approximate surface area is 115 Å². The number of alkyl halides is 3. The number of benzene rings is 1. The Kier molecular flexibility index (Phi) is 4.56. The van der Waals surface area contributed by atoms with E-state index in [2.05, 4.69) is 21.2 Å². The van der Waals surface area contributed by atoms with E-state index in [-0.39, 0.29) is 10.0 Å². The molecule has 19 heavy (non-hydrogen) atoms. The Hall–Kier alpha value is -1.57. The first-order valence-electron chi connectivity index (χ1n) is 5.10. The highest BCUT2D eigenvalue weighted by Gasteiger charge is 2.33. The zero-order valence-corrected chi connectivity index (χ0v) is 11.3. The quantitative estimate of drug-likeness (QED) is 0.885. The molecule has 4 nitrogen and oxygen atoms in total. The minimum atomic E-state index is -4.51. The molecule has 104 valence electrons. The molecule has 0 saturated carbocycles. The van der Waals surface area contributed by atoms with Gasteiger partial charge in [-0.3, -0.25) is 9.59 Å². The predicted octanol–water partition coefficient (Wildman–Crippen LogP) is 2.07. The lowest BCUT2D eigenvalue weighted by Gasteiger charge is -2.12. The van der Waals surface area contributed by atoms with E-state index in [1.165, 1.54) is 6.92 Å². The largest absolute Gasteiger partial charge is 0.417 e. The molecule has 0 fully saturated rings. The van der Waals surface area contributed by atoms with Crippen LogP contribution in [0, 0.1) is 0 Å². The number of hydrogen-bond donors (Lipinski definition) is 2. The van der Waals surface area contributed by atoms with Crippen molar-refractivity contribution in [2.24, 2.45) is 5.73 Å². The molecule has 0 bridgehead atoms. The fourth-order valence-corrected chi connectivity index (χ4v) is 1.84. The third-order valence-electron chi connectivity index (χ3n) is 2.31. The van der Waals surface area contributed by atoms with E-state index >= 15 is 0 Å². The Morgan fingerprint density at radius 1 is 1.37 bits per heavy atom. The minimum absolute atomic E-state index is 0.00650. The summed E-state index contributed by atoms with van der Waals surface area (Å²) in [6.45, 7) is 1.37. The highest BCUT2D eigenvalue weighted by atomic mass is 79.9. The standard InChI is InChI=1S/C11H10BrF3N2O2/c1-5(9(16)18)17-10(19)6-2-3-7(8(12)4-6)11(13,14)15/h2-5H,1H3,(H2,16,18)(H,17,19)/t5-/m0/s1. The second kappa shape index (κ2) is 5.60. The van der Waals surface area contributed by atoms with Crippen molar-refractivity contribution >= 4 is 27.7 Å². The van der Waals surface area contributed by atoms with Gasteiger partial charge < -0.3 is 11.1 Å². The van der Waals surface area contributed by atoms with Gasteiger partial charge >= 0.3 is 6.18 Å². The zero-order chi connectivity index (χ0) is 14.8. The van der Waals surface area contributed by atoms with Crippen molar-refractivity contribution in [2.75, 3.05) is 0 Å². The van der Waals surface area contributed by atoms with Crippen molar-refractivity contribution in [3.05, 3.63) is 33.8 Å². The molecule has 1 aromatic rings. The maximum atomic E-state index is 12.5. The van der Waals surface area contributed by atoms with Gasteiger partial charge in [0, 0.05) is 10.0 Å². The lowest BCUT2D eigenvalue weighted by molar-refractivity contribution is -0.138. The summed E-state index contributed by atoms with van der Waals surface area (Å²) in [5.74, 6) is -1.42. The monoisotopic (exact) mass is 338 g/mol. The van der Waals surface area contributed by atoms with E-state index in [9.17, 15) is 22.8 Å². The fraction of sp³-hybridized carbons (Fsp3) is 0.273. The molecule has 2 amide bonds. The summed E-state index contributed by atoms with van der Waals surface area (Å²) in [6.07, 6.45) is -4.51. The van der Waals surface area contributed by atoms with Crippen LogP contribution in [-0.2, 0) is 11.0 Å². The first-order valence-corrected chi connectivity index (χ1v) is 5.89. The van der Waals surface area contributed by atoms with Gasteiger partial charge in [0.15, 0.2) is 0 Å². The fourth-order valence-electron chi connectivity index (χ4n) is 1.24. The first-order chi connectivity index (χ1) is 8.62. The third kappa shape index (κ3) is 3.95. The maximum absolute atomic E-state index is 12.5. The molecule has 0 aliphatic heterocycles. The van der Waals surface area contributed by atoms with E-state index in [0.717, 1.165) is 18.2 Å². The van der Waals surface area contributed by atoms with Crippen LogP contribution < -0.4 is 11.1 Å². The van der Waals surface area contributed by atoms with Crippen LogP contribution in [0.25, 0.3) is 0 Å². The Morgan fingerprint density at radius 2 is 1.95 bits per heavy atom. The topological polar surface area (TPSA) is 72.2 Å². The number of hydrogen-bond acceptors (Lipinski definition) is 2. The number of nitrogens with one attached hydrogen (secondary N) is 1. The van der Waals surface area contributed by atoms with Crippen LogP contribution in [-0.4, -0.2) is 17.9 Å². The number of halogens is 4. The molecule has 0 aromatic heterocycles. The summed E-state index contributed by atoms with van der Waals surface area (Å²) in [4.78, 5) is 22.4. The van der Waals surface area contributed by atoms with E-state index in [4.69, 9.17) is 5.73 Å². The maximum Gasteiger partial charge on any atom is 0.417 e. The smallest absolute Gasteiger partial charge is 0.368 e. The second-order valence-corrected chi connectivity index (χ2v) is 4.64. The van der Waals surface area contributed by atoms with Crippen LogP contribution in [0.5, 0.6) is 0 Å². The minimum Gasteiger partial charge on any atom is -0.368 e. The molecule has 0 aliphatic carbocycles. The van der Waals surface area contributed by atoms with Crippen LogP contribution in [0.1, 0.15) is 22.8 Å². The van der Waals surface area contributed by atoms with Crippen LogP contribution in [0.15, 0.2) is 22.7 Å². The predicted molar refractivity (Wildman–Crippen MR) is 65.3 cm³/mol. The van der Waals surface area contributed by atoms with E-state index in [0.29, 0.717) is 0 Å². The molecule has 1 aromatic carbocycles. The van der Waals surface area contributed by atoms with Gasteiger partial charge in [-0.25, -0.2) is 0 Å². The highest BCUT2D eigenvalue weighted by molar-refractivity contribution is 9.10. The average molecular weight is 339 g/mol. The normalized spacial score (nSPS) is 12.9. The Bertz CT molecular complexity index is 517. The van der Waals surface area contributed by atoms with Gasteiger partial charge in [-0.05, 0) is 25.1 Å². The molecule has 1 rings (SSSR count). The number of nitrogens with two attached hydrogens (primary N) is 1. The molecular weight excluding hydrogens is 329 g/mol. The molecule has 1 atom stereocenters. The molecule has 0 heterocycles. The van der Waals surface area contributed by atoms with Gasteiger partial charge in [0.25, 0.3) is 5.91 Å². The molecule has 0 spiro atoms.